The Hall–Kier alpha value is -1.95. The third kappa shape index (κ3) is 3.08. The van der Waals surface area contributed by atoms with E-state index in [4.69, 9.17) is 5.73 Å². The van der Waals surface area contributed by atoms with Gasteiger partial charge in [0, 0.05) is 11.3 Å². The van der Waals surface area contributed by atoms with E-state index in [0.29, 0.717) is 12.4 Å². The van der Waals surface area contributed by atoms with Gasteiger partial charge in [-0.25, -0.2) is 0 Å². The second-order valence-electron chi connectivity index (χ2n) is 5.48. The van der Waals surface area contributed by atoms with Crippen molar-refractivity contribution in [2.45, 2.75) is 39.8 Å². The zero-order chi connectivity index (χ0) is 14.2. The molecule has 102 valence electrons. The molecule has 0 aliphatic rings. The maximum absolute atomic E-state index is 9.73. The van der Waals surface area contributed by atoms with Gasteiger partial charge in [0.05, 0.1) is 12.1 Å². The number of hydrogen-bond acceptors (Lipinski definition) is 5. The van der Waals surface area contributed by atoms with Crippen LogP contribution < -0.4 is 5.73 Å². The molecule has 1 aromatic heterocycles. The molecule has 0 saturated carbocycles. The lowest BCUT2D eigenvalue weighted by Crippen LogP contribution is -2.27. The van der Waals surface area contributed by atoms with Crippen LogP contribution in [0.3, 0.4) is 0 Å². The molecule has 0 aliphatic carbocycles. The van der Waals surface area contributed by atoms with Crippen molar-refractivity contribution in [3.63, 3.8) is 0 Å². The minimum atomic E-state index is -0.870. The predicted octanol–water partition coefficient (Wildman–Crippen LogP) is 1.31. The summed E-state index contributed by atoms with van der Waals surface area (Å²) in [6.45, 7) is 7.61. The molecule has 0 spiro atoms. The third-order valence-corrected chi connectivity index (χ3v) is 2.83. The number of aliphatic hydroxyl groups is 1. The normalized spacial score (nSPS) is 11.8. The average Bonchev–Trinajstić information content (AvgIpc) is 2.71. The molecular weight excluding hydrogens is 242 g/mol. The van der Waals surface area contributed by atoms with Gasteiger partial charge >= 0.3 is 0 Å². The van der Waals surface area contributed by atoms with Crippen molar-refractivity contribution in [1.82, 2.24) is 20.2 Å². The van der Waals surface area contributed by atoms with Crippen molar-refractivity contribution >= 4 is 5.69 Å². The molecule has 6 heteroatoms. The predicted molar refractivity (Wildman–Crippen MR) is 73.4 cm³/mol. The lowest BCUT2D eigenvalue weighted by atomic mass is 10.0. The van der Waals surface area contributed by atoms with E-state index in [2.05, 4.69) is 15.4 Å². The van der Waals surface area contributed by atoms with Gasteiger partial charge in [-0.1, -0.05) is 0 Å². The number of aryl methyl sites for hydroxylation is 2. The van der Waals surface area contributed by atoms with E-state index in [0.717, 1.165) is 22.4 Å². The van der Waals surface area contributed by atoms with Crippen LogP contribution in [0.25, 0.3) is 11.4 Å². The standard InChI is InChI=1S/C13H19N5O/c1-8-5-10(6-9(2)11(8)14)12-15-17-18(16-12)7-13(3,4)19/h5-6,19H,7,14H2,1-4H3. The highest BCUT2D eigenvalue weighted by atomic mass is 16.3. The van der Waals surface area contributed by atoms with Gasteiger partial charge in [0.1, 0.15) is 0 Å². The molecular formula is C13H19N5O. The highest BCUT2D eigenvalue weighted by Gasteiger charge is 2.16. The van der Waals surface area contributed by atoms with Crippen molar-refractivity contribution in [1.29, 1.82) is 0 Å². The Morgan fingerprint density at radius 1 is 1.26 bits per heavy atom. The Bertz CT molecular complexity index is 574. The summed E-state index contributed by atoms with van der Waals surface area (Å²) in [5, 5.41) is 22.0. The van der Waals surface area contributed by atoms with Crippen LogP contribution in [0.4, 0.5) is 5.69 Å². The quantitative estimate of drug-likeness (QED) is 0.813. The summed E-state index contributed by atoms with van der Waals surface area (Å²) in [4.78, 5) is 1.40. The first-order valence-corrected chi connectivity index (χ1v) is 6.13. The first kappa shape index (κ1) is 13.5. The molecule has 2 rings (SSSR count). The number of benzene rings is 1. The molecule has 0 saturated heterocycles. The summed E-state index contributed by atoms with van der Waals surface area (Å²) >= 11 is 0. The Morgan fingerprint density at radius 3 is 2.37 bits per heavy atom. The number of aromatic nitrogens is 4. The molecule has 0 fully saturated rings. The fraction of sp³-hybridized carbons (Fsp3) is 0.462. The smallest absolute Gasteiger partial charge is 0.204 e. The zero-order valence-corrected chi connectivity index (χ0v) is 11.7. The van der Waals surface area contributed by atoms with Crippen LogP contribution in [0.1, 0.15) is 25.0 Å². The number of nitrogen functional groups attached to an aromatic ring is 1. The molecule has 0 bridgehead atoms. The van der Waals surface area contributed by atoms with E-state index in [1.54, 1.807) is 13.8 Å². The fourth-order valence-electron chi connectivity index (χ4n) is 1.88. The Kier molecular flexibility index (Phi) is 3.28. The monoisotopic (exact) mass is 261 g/mol. The average molecular weight is 261 g/mol. The third-order valence-electron chi connectivity index (χ3n) is 2.83. The minimum Gasteiger partial charge on any atom is -0.398 e. The fourth-order valence-corrected chi connectivity index (χ4v) is 1.88. The molecule has 3 N–H and O–H groups in total. The Morgan fingerprint density at radius 2 is 1.84 bits per heavy atom. The van der Waals surface area contributed by atoms with Crippen molar-refractivity contribution in [3.8, 4) is 11.4 Å². The van der Waals surface area contributed by atoms with E-state index >= 15 is 0 Å². The van der Waals surface area contributed by atoms with Crippen molar-refractivity contribution in [2.24, 2.45) is 0 Å². The van der Waals surface area contributed by atoms with Crippen molar-refractivity contribution in [2.75, 3.05) is 5.73 Å². The van der Waals surface area contributed by atoms with E-state index < -0.39 is 5.60 Å². The summed E-state index contributed by atoms with van der Waals surface area (Å²) in [6, 6.07) is 3.88. The summed E-state index contributed by atoms with van der Waals surface area (Å²) in [7, 11) is 0. The van der Waals surface area contributed by atoms with Gasteiger partial charge in [0.15, 0.2) is 0 Å². The lowest BCUT2D eigenvalue weighted by Gasteiger charge is -2.14. The van der Waals surface area contributed by atoms with Crippen molar-refractivity contribution < 1.29 is 5.11 Å². The Balaban J connectivity index is 2.33. The molecule has 19 heavy (non-hydrogen) atoms. The lowest BCUT2D eigenvalue weighted by molar-refractivity contribution is 0.0526. The topological polar surface area (TPSA) is 89.8 Å². The molecule has 0 radical (unpaired) electrons. The summed E-state index contributed by atoms with van der Waals surface area (Å²) in [6.07, 6.45) is 0. The van der Waals surface area contributed by atoms with E-state index in [1.165, 1.54) is 4.80 Å². The molecule has 0 aliphatic heterocycles. The van der Waals surface area contributed by atoms with Crippen LogP contribution >= 0.6 is 0 Å². The molecule has 6 nitrogen and oxygen atoms in total. The SMILES string of the molecule is Cc1cc(-c2nnn(CC(C)(C)O)n2)cc(C)c1N. The van der Waals surface area contributed by atoms with Gasteiger partial charge in [-0.05, 0) is 56.2 Å². The number of nitrogens with zero attached hydrogens (tertiary/aromatic N) is 4. The van der Waals surface area contributed by atoms with E-state index in [-0.39, 0.29) is 0 Å². The maximum atomic E-state index is 9.73. The van der Waals surface area contributed by atoms with E-state index in [1.807, 2.05) is 26.0 Å². The number of anilines is 1. The van der Waals surface area contributed by atoms with Gasteiger partial charge in [0.2, 0.25) is 5.82 Å². The highest BCUT2D eigenvalue weighted by molar-refractivity contribution is 5.65. The number of nitrogens with two attached hydrogens (primary N) is 1. The van der Waals surface area contributed by atoms with Crippen LogP contribution in [0, 0.1) is 13.8 Å². The highest BCUT2D eigenvalue weighted by Crippen LogP contribution is 2.24. The maximum Gasteiger partial charge on any atom is 0.204 e. The molecule has 0 unspecified atom stereocenters. The van der Waals surface area contributed by atoms with Crippen molar-refractivity contribution in [3.05, 3.63) is 23.3 Å². The first-order chi connectivity index (χ1) is 8.76. The summed E-state index contributed by atoms with van der Waals surface area (Å²) in [5.41, 5.74) is 8.71. The van der Waals surface area contributed by atoms with Gasteiger partial charge in [-0.15, -0.1) is 10.2 Å². The van der Waals surface area contributed by atoms with Gasteiger partial charge < -0.3 is 10.8 Å². The largest absolute Gasteiger partial charge is 0.398 e. The second kappa shape index (κ2) is 4.62. The van der Waals surface area contributed by atoms with Crippen LogP contribution in [0.5, 0.6) is 0 Å². The van der Waals surface area contributed by atoms with Crippen LogP contribution in [-0.2, 0) is 6.54 Å². The number of tetrazole rings is 1. The number of rotatable bonds is 3. The summed E-state index contributed by atoms with van der Waals surface area (Å²) < 4.78 is 0. The number of hydrogen-bond donors (Lipinski definition) is 2. The molecule has 2 aromatic rings. The minimum absolute atomic E-state index is 0.299. The van der Waals surface area contributed by atoms with Crippen LogP contribution in [-0.4, -0.2) is 30.9 Å². The molecule has 1 heterocycles. The summed E-state index contributed by atoms with van der Waals surface area (Å²) in [5.74, 6) is 0.537. The van der Waals surface area contributed by atoms with Crippen LogP contribution in [0.2, 0.25) is 0 Å². The van der Waals surface area contributed by atoms with E-state index in [9.17, 15) is 5.11 Å². The van der Waals surface area contributed by atoms with Gasteiger partial charge in [0.25, 0.3) is 0 Å². The van der Waals surface area contributed by atoms with Gasteiger partial charge in [-0.3, -0.25) is 0 Å². The molecule has 1 aromatic carbocycles. The van der Waals surface area contributed by atoms with Gasteiger partial charge in [-0.2, -0.15) is 4.80 Å². The molecule has 0 atom stereocenters. The van der Waals surface area contributed by atoms with Crippen LogP contribution in [0.15, 0.2) is 12.1 Å². The molecule has 0 amide bonds. The Labute approximate surface area is 112 Å². The zero-order valence-electron chi connectivity index (χ0n) is 11.7. The first-order valence-electron chi connectivity index (χ1n) is 6.13. The second-order valence-corrected chi connectivity index (χ2v) is 5.48.